The highest BCUT2D eigenvalue weighted by Crippen LogP contribution is 2.25. The molecular formula is C14H17NO2. The van der Waals surface area contributed by atoms with Gasteiger partial charge in [-0.15, -0.1) is 0 Å². The van der Waals surface area contributed by atoms with Crippen LogP contribution in [0.1, 0.15) is 12.0 Å². The van der Waals surface area contributed by atoms with Gasteiger partial charge in [-0.1, -0.05) is 0 Å². The van der Waals surface area contributed by atoms with Crippen LogP contribution in [0.3, 0.4) is 0 Å². The van der Waals surface area contributed by atoms with Gasteiger partial charge in [-0.3, -0.25) is 0 Å². The van der Waals surface area contributed by atoms with Gasteiger partial charge in [-0.2, -0.15) is 0 Å². The van der Waals surface area contributed by atoms with Gasteiger partial charge in [0, 0.05) is 17.8 Å². The quantitative estimate of drug-likeness (QED) is 0.882. The van der Waals surface area contributed by atoms with Crippen LogP contribution in [0.25, 0.3) is 11.0 Å². The van der Waals surface area contributed by atoms with Crippen molar-refractivity contribution in [2.24, 2.45) is 5.92 Å². The summed E-state index contributed by atoms with van der Waals surface area (Å²) in [6, 6.07) is 6.02. The lowest BCUT2D eigenvalue weighted by Crippen LogP contribution is -2.15. The lowest BCUT2D eigenvalue weighted by molar-refractivity contribution is 0.260. The van der Waals surface area contributed by atoms with Crippen LogP contribution < -0.4 is 10.1 Å². The predicted molar refractivity (Wildman–Crippen MR) is 67.4 cm³/mol. The third kappa shape index (κ3) is 2.15. The van der Waals surface area contributed by atoms with Crippen molar-refractivity contribution < 1.29 is 9.15 Å². The van der Waals surface area contributed by atoms with Gasteiger partial charge in [-0.25, -0.2) is 0 Å². The summed E-state index contributed by atoms with van der Waals surface area (Å²) in [6.07, 6.45) is 3.00. The Morgan fingerprint density at radius 1 is 1.47 bits per heavy atom. The van der Waals surface area contributed by atoms with Crippen LogP contribution in [0, 0.1) is 12.8 Å². The Bertz CT molecular complexity index is 512. The first kappa shape index (κ1) is 10.7. The summed E-state index contributed by atoms with van der Waals surface area (Å²) in [5.41, 5.74) is 2.09. The molecule has 1 N–H and O–H groups in total. The van der Waals surface area contributed by atoms with E-state index in [1.165, 1.54) is 6.42 Å². The van der Waals surface area contributed by atoms with Crippen LogP contribution in [0.15, 0.2) is 28.9 Å². The van der Waals surface area contributed by atoms with Gasteiger partial charge >= 0.3 is 0 Å². The van der Waals surface area contributed by atoms with Gasteiger partial charge in [-0.05, 0) is 43.7 Å². The van der Waals surface area contributed by atoms with Crippen molar-refractivity contribution >= 4 is 11.0 Å². The highest BCUT2D eigenvalue weighted by molar-refractivity contribution is 5.82. The van der Waals surface area contributed by atoms with Crippen LogP contribution in [0.4, 0.5) is 0 Å². The molecule has 2 heterocycles. The van der Waals surface area contributed by atoms with Crippen LogP contribution in [0.2, 0.25) is 0 Å². The van der Waals surface area contributed by atoms with Gasteiger partial charge in [0.2, 0.25) is 0 Å². The molecule has 0 amide bonds. The molecule has 1 aromatic heterocycles. The molecule has 3 nitrogen and oxygen atoms in total. The van der Waals surface area contributed by atoms with Crippen LogP contribution in [-0.4, -0.2) is 19.7 Å². The van der Waals surface area contributed by atoms with E-state index in [0.717, 1.165) is 42.0 Å². The largest absolute Gasteiger partial charge is 0.493 e. The number of rotatable bonds is 3. The Labute approximate surface area is 101 Å². The second kappa shape index (κ2) is 4.41. The van der Waals surface area contributed by atoms with E-state index in [2.05, 4.69) is 18.3 Å². The lowest BCUT2D eigenvalue weighted by Gasteiger charge is -2.10. The smallest absolute Gasteiger partial charge is 0.134 e. The predicted octanol–water partition coefficient (Wildman–Crippen LogP) is 2.73. The fourth-order valence-corrected chi connectivity index (χ4v) is 2.30. The van der Waals surface area contributed by atoms with Gasteiger partial charge in [0.15, 0.2) is 0 Å². The van der Waals surface area contributed by atoms with E-state index in [1.807, 2.05) is 12.1 Å². The number of benzene rings is 1. The maximum Gasteiger partial charge on any atom is 0.134 e. The number of hydrogen-bond acceptors (Lipinski definition) is 3. The van der Waals surface area contributed by atoms with E-state index in [0.29, 0.717) is 5.92 Å². The molecule has 3 rings (SSSR count). The maximum atomic E-state index is 5.84. The molecule has 1 saturated heterocycles. The normalized spacial score (nSPS) is 19.9. The van der Waals surface area contributed by atoms with Gasteiger partial charge < -0.3 is 14.5 Å². The molecule has 0 spiro atoms. The monoisotopic (exact) mass is 231 g/mol. The molecule has 0 bridgehead atoms. The van der Waals surface area contributed by atoms with Crippen molar-refractivity contribution in [2.75, 3.05) is 19.7 Å². The molecule has 17 heavy (non-hydrogen) atoms. The molecule has 1 aliphatic rings. The lowest BCUT2D eigenvalue weighted by atomic mass is 10.1. The summed E-state index contributed by atoms with van der Waals surface area (Å²) in [7, 11) is 0. The van der Waals surface area contributed by atoms with Crippen molar-refractivity contribution in [3.8, 4) is 5.75 Å². The number of nitrogens with one attached hydrogen (secondary N) is 1. The minimum absolute atomic E-state index is 0.649. The van der Waals surface area contributed by atoms with Crippen molar-refractivity contribution in [3.05, 3.63) is 30.0 Å². The highest BCUT2D eigenvalue weighted by atomic mass is 16.5. The maximum absolute atomic E-state index is 5.84. The summed E-state index contributed by atoms with van der Waals surface area (Å²) >= 11 is 0. The summed E-state index contributed by atoms with van der Waals surface area (Å²) in [6.45, 7) is 5.05. The molecule has 1 aromatic carbocycles. The Kier molecular flexibility index (Phi) is 2.77. The van der Waals surface area contributed by atoms with Crippen LogP contribution >= 0.6 is 0 Å². The SMILES string of the molecule is Cc1coc2ccc(OCC3CCNC3)cc12. The molecule has 0 saturated carbocycles. The average molecular weight is 231 g/mol. The zero-order valence-electron chi connectivity index (χ0n) is 10.0. The molecule has 1 atom stereocenters. The summed E-state index contributed by atoms with van der Waals surface area (Å²) in [5, 5.41) is 4.49. The van der Waals surface area contributed by atoms with Crippen molar-refractivity contribution in [2.45, 2.75) is 13.3 Å². The third-order valence-corrected chi connectivity index (χ3v) is 3.39. The molecule has 1 unspecified atom stereocenters. The third-order valence-electron chi connectivity index (χ3n) is 3.39. The Morgan fingerprint density at radius 3 is 3.24 bits per heavy atom. The number of furan rings is 1. The van der Waals surface area contributed by atoms with E-state index >= 15 is 0 Å². The molecule has 90 valence electrons. The summed E-state index contributed by atoms with van der Waals surface area (Å²) in [5.74, 6) is 1.59. The fraction of sp³-hybridized carbons (Fsp3) is 0.429. The molecule has 1 aliphatic heterocycles. The van der Waals surface area contributed by atoms with Crippen LogP contribution in [0.5, 0.6) is 5.75 Å². The second-order valence-corrected chi connectivity index (χ2v) is 4.75. The number of hydrogen-bond donors (Lipinski definition) is 1. The van der Waals surface area contributed by atoms with Gasteiger partial charge in [0.05, 0.1) is 12.9 Å². The zero-order valence-corrected chi connectivity index (χ0v) is 10.0. The Hall–Kier alpha value is -1.48. The van der Waals surface area contributed by atoms with E-state index in [1.54, 1.807) is 6.26 Å². The Morgan fingerprint density at radius 2 is 2.41 bits per heavy atom. The first-order valence-corrected chi connectivity index (χ1v) is 6.14. The van der Waals surface area contributed by atoms with Crippen molar-refractivity contribution in [1.82, 2.24) is 5.32 Å². The Balaban J connectivity index is 1.73. The average Bonchev–Trinajstić information content (AvgIpc) is 2.97. The van der Waals surface area contributed by atoms with Gasteiger partial charge in [0.1, 0.15) is 11.3 Å². The number of fused-ring (bicyclic) bond motifs is 1. The summed E-state index contributed by atoms with van der Waals surface area (Å²) in [4.78, 5) is 0. The molecule has 1 fully saturated rings. The molecule has 3 heteroatoms. The molecular weight excluding hydrogens is 214 g/mol. The van der Waals surface area contributed by atoms with Crippen molar-refractivity contribution in [3.63, 3.8) is 0 Å². The molecule has 2 aromatic rings. The first-order chi connectivity index (χ1) is 8.33. The number of ether oxygens (including phenoxy) is 1. The molecule has 0 radical (unpaired) electrons. The second-order valence-electron chi connectivity index (χ2n) is 4.75. The minimum atomic E-state index is 0.649. The summed E-state index contributed by atoms with van der Waals surface area (Å²) < 4.78 is 11.3. The van der Waals surface area contributed by atoms with E-state index < -0.39 is 0 Å². The van der Waals surface area contributed by atoms with E-state index in [-0.39, 0.29) is 0 Å². The first-order valence-electron chi connectivity index (χ1n) is 6.14. The van der Waals surface area contributed by atoms with Crippen LogP contribution in [-0.2, 0) is 0 Å². The number of aryl methyl sites for hydroxylation is 1. The topological polar surface area (TPSA) is 34.4 Å². The zero-order chi connectivity index (χ0) is 11.7. The van der Waals surface area contributed by atoms with Crippen molar-refractivity contribution in [1.29, 1.82) is 0 Å². The minimum Gasteiger partial charge on any atom is -0.493 e. The van der Waals surface area contributed by atoms with Gasteiger partial charge in [0.25, 0.3) is 0 Å². The van der Waals surface area contributed by atoms with E-state index in [9.17, 15) is 0 Å². The standard InChI is InChI=1S/C14H17NO2/c1-10-8-17-14-3-2-12(6-13(10)14)16-9-11-4-5-15-7-11/h2-3,6,8,11,15H,4-5,7,9H2,1H3. The highest BCUT2D eigenvalue weighted by Gasteiger charge is 2.15. The van der Waals surface area contributed by atoms with E-state index in [4.69, 9.17) is 9.15 Å². The fourth-order valence-electron chi connectivity index (χ4n) is 2.30. The molecule has 0 aliphatic carbocycles.